The summed E-state index contributed by atoms with van der Waals surface area (Å²) in [6.07, 6.45) is 2.88. The van der Waals surface area contributed by atoms with Crippen molar-refractivity contribution in [3.8, 4) is 0 Å². The summed E-state index contributed by atoms with van der Waals surface area (Å²) in [6, 6.07) is 10.7. The number of hydrogen-bond acceptors (Lipinski definition) is 3. The van der Waals surface area contributed by atoms with E-state index in [-0.39, 0.29) is 11.9 Å². The van der Waals surface area contributed by atoms with Crippen LogP contribution >= 0.6 is 11.8 Å². The van der Waals surface area contributed by atoms with E-state index < -0.39 is 0 Å². The Bertz CT molecular complexity index is 503. The van der Waals surface area contributed by atoms with Crippen LogP contribution in [0, 0.1) is 0 Å². The average molecular weight is 289 g/mol. The summed E-state index contributed by atoms with van der Waals surface area (Å²) in [4.78, 5) is 16.3. The van der Waals surface area contributed by atoms with Crippen LogP contribution in [0.4, 0.5) is 0 Å². The van der Waals surface area contributed by atoms with Crippen molar-refractivity contribution in [2.75, 3.05) is 12.3 Å². The number of thioether (sulfide) groups is 1. The molecule has 5 heteroatoms. The number of nitrogens with zero attached hydrogens (tertiary/aromatic N) is 1. The minimum absolute atomic E-state index is 0.0673. The molecule has 2 heterocycles. The van der Waals surface area contributed by atoms with Crippen LogP contribution in [0.2, 0.25) is 0 Å². The Labute approximate surface area is 123 Å². The van der Waals surface area contributed by atoms with Gasteiger partial charge < -0.3 is 10.6 Å². The number of nitrogens with one attached hydrogen (secondary N) is 2. The van der Waals surface area contributed by atoms with Crippen LogP contribution < -0.4 is 10.6 Å². The minimum Gasteiger partial charge on any atom is -0.361 e. The Morgan fingerprint density at radius 2 is 2.15 bits per heavy atom. The fourth-order valence-corrected chi connectivity index (χ4v) is 3.55. The van der Waals surface area contributed by atoms with Crippen molar-refractivity contribution in [2.45, 2.75) is 31.3 Å². The largest absolute Gasteiger partial charge is 0.361 e. The van der Waals surface area contributed by atoms with Gasteiger partial charge in [-0.3, -0.25) is 4.79 Å². The molecule has 0 aliphatic carbocycles. The van der Waals surface area contributed by atoms with Crippen LogP contribution in [0.1, 0.15) is 18.4 Å². The maximum absolute atomic E-state index is 11.7. The number of rotatable bonds is 3. The lowest BCUT2D eigenvalue weighted by atomic mass is 10.1. The molecule has 1 aromatic carbocycles. The van der Waals surface area contributed by atoms with Gasteiger partial charge in [0.1, 0.15) is 6.04 Å². The Morgan fingerprint density at radius 3 is 2.95 bits per heavy atom. The molecule has 2 atom stereocenters. The van der Waals surface area contributed by atoms with Gasteiger partial charge in [-0.2, -0.15) is 0 Å². The average Bonchev–Trinajstić information content (AvgIpc) is 2.90. The van der Waals surface area contributed by atoms with E-state index in [4.69, 9.17) is 0 Å². The Balaban J connectivity index is 1.57. The van der Waals surface area contributed by atoms with Crippen LogP contribution in [0.5, 0.6) is 0 Å². The first-order valence-electron chi connectivity index (χ1n) is 7.10. The van der Waals surface area contributed by atoms with Crippen LogP contribution in [0.3, 0.4) is 0 Å². The molecule has 2 unspecified atom stereocenters. The van der Waals surface area contributed by atoms with E-state index in [0.717, 1.165) is 36.7 Å². The molecule has 2 N–H and O–H groups in total. The highest BCUT2D eigenvalue weighted by Crippen LogP contribution is 2.19. The van der Waals surface area contributed by atoms with Gasteiger partial charge >= 0.3 is 0 Å². The number of amides is 1. The van der Waals surface area contributed by atoms with Gasteiger partial charge in [-0.05, 0) is 24.8 Å². The second kappa shape index (κ2) is 6.31. The molecular formula is C15H19N3OS. The molecule has 0 aromatic heterocycles. The predicted molar refractivity (Wildman–Crippen MR) is 83.0 cm³/mol. The molecule has 3 rings (SSSR count). The van der Waals surface area contributed by atoms with Crippen molar-refractivity contribution in [3.05, 3.63) is 35.9 Å². The van der Waals surface area contributed by atoms with Crippen molar-refractivity contribution in [1.29, 1.82) is 0 Å². The fourth-order valence-electron chi connectivity index (χ4n) is 2.54. The van der Waals surface area contributed by atoms with Gasteiger partial charge in [-0.15, -0.1) is 0 Å². The standard InChI is InChI=1S/C15H19N3OS/c19-14-13(7-4-8-16-14)18-15-17-12(10-20-15)9-11-5-2-1-3-6-11/h1-3,5-6,12-13H,4,7-10H2,(H,16,19)(H,17,18). The number of piperidine rings is 1. The first kappa shape index (κ1) is 13.5. The van der Waals surface area contributed by atoms with Gasteiger partial charge in [0.2, 0.25) is 5.91 Å². The van der Waals surface area contributed by atoms with E-state index in [1.54, 1.807) is 11.8 Å². The highest BCUT2D eigenvalue weighted by molar-refractivity contribution is 8.14. The number of amidine groups is 1. The molecule has 20 heavy (non-hydrogen) atoms. The van der Waals surface area contributed by atoms with Crippen molar-refractivity contribution in [1.82, 2.24) is 10.6 Å². The van der Waals surface area contributed by atoms with Gasteiger partial charge in [-0.1, -0.05) is 42.1 Å². The third-order valence-electron chi connectivity index (χ3n) is 3.60. The van der Waals surface area contributed by atoms with Crippen LogP contribution in [0.15, 0.2) is 35.3 Å². The lowest BCUT2D eigenvalue weighted by molar-refractivity contribution is -0.123. The summed E-state index contributed by atoms with van der Waals surface area (Å²) in [5, 5.41) is 7.24. The molecule has 0 saturated carbocycles. The second-order valence-electron chi connectivity index (χ2n) is 5.23. The summed E-state index contributed by atoms with van der Waals surface area (Å²) < 4.78 is 0. The predicted octanol–water partition coefficient (Wildman–Crippen LogP) is 1.57. The zero-order chi connectivity index (χ0) is 13.8. The molecule has 1 aromatic rings. The first-order valence-corrected chi connectivity index (χ1v) is 8.08. The number of carbonyl (C=O) groups excluding carboxylic acids is 1. The molecule has 2 fully saturated rings. The summed E-state index contributed by atoms with van der Waals surface area (Å²) in [5.41, 5.74) is 1.34. The maximum atomic E-state index is 11.7. The zero-order valence-electron chi connectivity index (χ0n) is 11.3. The Morgan fingerprint density at radius 1 is 1.30 bits per heavy atom. The molecule has 106 valence electrons. The van der Waals surface area contributed by atoms with Crippen molar-refractivity contribution in [3.63, 3.8) is 0 Å². The summed E-state index contributed by atoms with van der Waals surface area (Å²) in [7, 11) is 0. The molecule has 0 bridgehead atoms. The van der Waals surface area contributed by atoms with Crippen LogP contribution in [-0.2, 0) is 11.2 Å². The lowest BCUT2D eigenvalue weighted by Gasteiger charge is -2.19. The number of aliphatic imine (C=N–C) groups is 1. The SMILES string of the molecule is O=C1NCCCC1N=C1NC(Cc2ccccc2)CS1. The van der Waals surface area contributed by atoms with E-state index in [1.165, 1.54) is 5.56 Å². The van der Waals surface area contributed by atoms with E-state index >= 15 is 0 Å². The third-order valence-corrected chi connectivity index (χ3v) is 4.67. The molecule has 0 radical (unpaired) electrons. The molecule has 2 saturated heterocycles. The van der Waals surface area contributed by atoms with E-state index in [9.17, 15) is 4.79 Å². The second-order valence-corrected chi connectivity index (χ2v) is 6.23. The molecular weight excluding hydrogens is 270 g/mol. The molecule has 2 aliphatic rings. The van der Waals surface area contributed by atoms with E-state index in [2.05, 4.69) is 39.9 Å². The van der Waals surface area contributed by atoms with Gasteiger partial charge in [-0.25, -0.2) is 4.99 Å². The smallest absolute Gasteiger partial charge is 0.244 e. The summed E-state index contributed by atoms with van der Waals surface area (Å²) in [6.45, 7) is 0.789. The fraction of sp³-hybridized carbons (Fsp3) is 0.467. The van der Waals surface area contributed by atoms with Crippen molar-refractivity contribution < 1.29 is 4.79 Å². The van der Waals surface area contributed by atoms with Gasteiger partial charge in [0, 0.05) is 18.3 Å². The molecule has 0 spiro atoms. The topological polar surface area (TPSA) is 53.5 Å². The first-order chi connectivity index (χ1) is 9.81. The van der Waals surface area contributed by atoms with E-state index in [0.29, 0.717) is 6.04 Å². The third kappa shape index (κ3) is 3.33. The lowest BCUT2D eigenvalue weighted by Crippen LogP contribution is -2.40. The van der Waals surface area contributed by atoms with Crippen LogP contribution in [0.25, 0.3) is 0 Å². The summed E-state index contributed by atoms with van der Waals surface area (Å²) in [5.74, 6) is 1.08. The van der Waals surface area contributed by atoms with Gasteiger partial charge in [0.25, 0.3) is 0 Å². The normalized spacial score (nSPS) is 28.2. The maximum Gasteiger partial charge on any atom is 0.244 e. The number of hydrogen-bond donors (Lipinski definition) is 2. The Kier molecular flexibility index (Phi) is 4.25. The highest BCUT2D eigenvalue weighted by Gasteiger charge is 2.25. The van der Waals surface area contributed by atoms with Crippen molar-refractivity contribution in [2.24, 2.45) is 4.99 Å². The Hall–Kier alpha value is -1.49. The molecule has 1 amide bonds. The van der Waals surface area contributed by atoms with Crippen molar-refractivity contribution >= 4 is 22.8 Å². The van der Waals surface area contributed by atoms with Gasteiger partial charge in [0.15, 0.2) is 5.17 Å². The number of benzene rings is 1. The monoisotopic (exact) mass is 289 g/mol. The van der Waals surface area contributed by atoms with E-state index in [1.807, 2.05) is 6.07 Å². The van der Waals surface area contributed by atoms with Crippen LogP contribution in [-0.4, -0.2) is 35.5 Å². The highest BCUT2D eigenvalue weighted by atomic mass is 32.2. The quantitative estimate of drug-likeness (QED) is 0.888. The number of carbonyl (C=O) groups is 1. The minimum atomic E-state index is -0.200. The molecule has 2 aliphatic heterocycles. The molecule has 4 nitrogen and oxygen atoms in total. The summed E-state index contributed by atoms with van der Waals surface area (Å²) >= 11 is 1.72. The zero-order valence-corrected chi connectivity index (χ0v) is 12.2. The van der Waals surface area contributed by atoms with Gasteiger partial charge in [0.05, 0.1) is 0 Å².